The summed E-state index contributed by atoms with van der Waals surface area (Å²) in [7, 11) is 3.04. The number of aryl methyl sites for hydroxylation is 1. The van der Waals surface area contributed by atoms with Crippen molar-refractivity contribution in [2.75, 3.05) is 27.4 Å². The Hall–Kier alpha value is -3.26. The smallest absolute Gasteiger partial charge is 0.290 e. The van der Waals surface area contributed by atoms with E-state index in [1.165, 1.54) is 25.2 Å². The van der Waals surface area contributed by atoms with E-state index in [-0.39, 0.29) is 24.0 Å². The van der Waals surface area contributed by atoms with Gasteiger partial charge in [0.15, 0.2) is 23.0 Å². The molecule has 2 aliphatic rings. The molecule has 0 radical (unpaired) electrons. The van der Waals surface area contributed by atoms with Gasteiger partial charge >= 0.3 is 0 Å². The first-order valence-electron chi connectivity index (χ1n) is 10.1. The molecule has 0 saturated carbocycles. The molecule has 1 saturated heterocycles. The summed E-state index contributed by atoms with van der Waals surface area (Å²) in [6.45, 7) is 2.61. The van der Waals surface area contributed by atoms with Gasteiger partial charge in [0.2, 0.25) is 5.78 Å². The third kappa shape index (κ3) is 3.79. The lowest BCUT2D eigenvalue weighted by atomic mass is 9.94. The summed E-state index contributed by atoms with van der Waals surface area (Å²) >= 11 is 0. The number of benzene rings is 1. The van der Waals surface area contributed by atoms with Crippen LogP contribution in [0.3, 0.4) is 0 Å². The van der Waals surface area contributed by atoms with Gasteiger partial charge in [0, 0.05) is 13.2 Å². The SMILES string of the molecule is COc1ccc([C@H]2C(C(=O)c3ccc(C)o3)=C(O)C(=O)N2C[C@H]2CCCO2)cc1OC. The number of carbonyl (C=O) groups excluding carboxylic acids is 2. The molecule has 164 valence electrons. The first-order valence-corrected chi connectivity index (χ1v) is 10.1. The Morgan fingerprint density at radius 2 is 1.97 bits per heavy atom. The molecule has 0 unspecified atom stereocenters. The number of hydrogen-bond acceptors (Lipinski definition) is 7. The predicted molar refractivity (Wildman–Crippen MR) is 110 cm³/mol. The largest absolute Gasteiger partial charge is 0.503 e. The van der Waals surface area contributed by atoms with Crippen molar-refractivity contribution in [2.24, 2.45) is 0 Å². The molecule has 8 heteroatoms. The topological polar surface area (TPSA) is 98.4 Å². The van der Waals surface area contributed by atoms with Crippen LogP contribution in [-0.4, -0.2) is 55.2 Å². The first kappa shape index (κ1) is 21.0. The maximum atomic E-state index is 13.3. The van der Waals surface area contributed by atoms with E-state index < -0.39 is 23.5 Å². The Bertz CT molecular complexity index is 1030. The highest BCUT2D eigenvalue weighted by Crippen LogP contribution is 2.42. The number of methoxy groups -OCH3 is 2. The van der Waals surface area contributed by atoms with Gasteiger partial charge in [0.05, 0.1) is 31.9 Å². The van der Waals surface area contributed by atoms with E-state index >= 15 is 0 Å². The number of carbonyl (C=O) groups is 2. The van der Waals surface area contributed by atoms with Crippen LogP contribution in [0.4, 0.5) is 0 Å². The maximum absolute atomic E-state index is 13.3. The minimum atomic E-state index is -0.811. The number of nitrogens with zero attached hydrogens (tertiary/aromatic N) is 1. The highest BCUT2D eigenvalue weighted by molar-refractivity contribution is 6.15. The summed E-state index contributed by atoms with van der Waals surface area (Å²) in [5, 5.41) is 10.7. The van der Waals surface area contributed by atoms with Crippen molar-refractivity contribution >= 4 is 11.7 Å². The molecule has 1 aromatic heterocycles. The van der Waals surface area contributed by atoms with Crippen LogP contribution in [0.1, 0.15) is 40.8 Å². The number of aliphatic hydroxyl groups is 1. The molecule has 0 aliphatic carbocycles. The van der Waals surface area contributed by atoms with Gasteiger partial charge in [-0.1, -0.05) is 6.07 Å². The number of Topliss-reactive ketones (excluding diaryl/α,β-unsaturated/α-hetero) is 1. The van der Waals surface area contributed by atoms with Gasteiger partial charge < -0.3 is 28.6 Å². The molecule has 31 heavy (non-hydrogen) atoms. The minimum absolute atomic E-state index is 0.0235. The van der Waals surface area contributed by atoms with Crippen molar-refractivity contribution in [3.8, 4) is 11.5 Å². The van der Waals surface area contributed by atoms with E-state index in [4.69, 9.17) is 18.6 Å². The first-order chi connectivity index (χ1) is 14.9. The fraction of sp³-hybridized carbons (Fsp3) is 0.391. The lowest BCUT2D eigenvalue weighted by Gasteiger charge is -2.29. The van der Waals surface area contributed by atoms with Crippen LogP contribution in [0.25, 0.3) is 0 Å². The van der Waals surface area contributed by atoms with Crippen LogP contribution < -0.4 is 9.47 Å². The monoisotopic (exact) mass is 427 g/mol. The van der Waals surface area contributed by atoms with E-state index in [2.05, 4.69) is 0 Å². The second-order valence-electron chi connectivity index (χ2n) is 7.61. The Morgan fingerprint density at radius 1 is 1.19 bits per heavy atom. The van der Waals surface area contributed by atoms with Crippen molar-refractivity contribution in [1.29, 1.82) is 0 Å². The molecule has 3 heterocycles. The van der Waals surface area contributed by atoms with Crippen LogP contribution in [0.5, 0.6) is 11.5 Å². The third-order valence-electron chi connectivity index (χ3n) is 5.66. The number of ketones is 1. The van der Waals surface area contributed by atoms with Crippen molar-refractivity contribution in [1.82, 2.24) is 4.90 Å². The van der Waals surface area contributed by atoms with Gasteiger partial charge in [-0.3, -0.25) is 9.59 Å². The summed E-state index contributed by atoms with van der Waals surface area (Å²) in [5.74, 6) is -0.115. The Balaban J connectivity index is 1.79. The second kappa shape index (κ2) is 8.47. The molecule has 1 N–H and O–H groups in total. The molecule has 2 atom stereocenters. The minimum Gasteiger partial charge on any atom is -0.503 e. The fourth-order valence-corrected chi connectivity index (χ4v) is 4.14. The van der Waals surface area contributed by atoms with Crippen LogP contribution in [0.2, 0.25) is 0 Å². The zero-order chi connectivity index (χ0) is 22.1. The molecule has 0 spiro atoms. The average molecular weight is 427 g/mol. The molecule has 1 aromatic carbocycles. The zero-order valence-electron chi connectivity index (χ0n) is 17.7. The Morgan fingerprint density at radius 3 is 2.58 bits per heavy atom. The van der Waals surface area contributed by atoms with E-state index in [0.29, 0.717) is 29.4 Å². The molecular formula is C23H25NO7. The number of furan rings is 1. The van der Waals surface area contributed by atoms with Gasteiger partial charge in [-0.05, 0) is 49.6 Å². The summed E-state index contributed by atoms with van der Waals surface area (Å²) in [6, 6.07) is 7.56. The number of aliphatic hydroxyl groups excluding tert-OH is 1. The van der Waals surface area contributed by atoms with E-state index in [0.717, 1.165) is 12.8 Å². The highest BCUT2D eigenvalue weighted by atomic mass is 16.5. The summed E-state index contributed by atoms with van der Waals surface area (Å²) in [5.41, 5.74) is 0.587. The number of ether oxygens (including phenoxy) is 3. The van der Waals surface area contributed by atoms with E-state index in [1.54, 1.807) is 31.2 Å². The quantitative estimate of drug-likeness (QED) is 0.677. The average Bonchev–Trinajstić information content (AvgIpc) is 3.50. The third-order valence-corrected chi connectivity index (χ3v) is 5.66. The molecule has 4 rings (SSSR count). The fourth-order valence-electron chi connectivity index (χ4n) is 4.14. The van der Waals surface area contributed by atoms with E-state index in [9.17, 15) is 14.7 Å². The summed E-state index contributed by atoms with van der Waals surface area (Å²) in [6.07, 6.45) is 1.56. The molecule has 1 fully saturated rings. The lowest BCUT2D eigenvalue weighted by molar-refractivity contribution is -0.131. The van der Waals surface area contributed by atoms with Crippen molar-refractivity contribution in [2.45, 2.75) is 31.9 Å². The molecule has 1 amide bonds. The van der Waals surface area contributed by atoms with Gasteiger partial charge in [0.25, 0.3) is 5.91 Å². The van der Waals surface area contributed by atoms with Crippen molar-refractivity contribution < 1.29 is 33.3 Å². The molecule has 2 aliphatic heterocycles. The number of rotatable bonds is 7. The van der Waals surface area contributed by atoms with Gasteiger partial charge in [-0.15, -0.1) is 0 Å². The van der Waals surface area contributed by atoms with Gasteiger partial charge in [-0.25, -0.2) is 0 Å². The Kier molecular flexibility index (Phi) is 5.73. The van der Waals surface area contributed by atoms with Crippen LogP contribution in [0.15, 0.2) is 46.1 Å². The summed E-state index contributed by atoms with van der Waals surface area (Å²) in [4.78, 5) is 27.8. The van der Waals surface area contributed by atoms with Gasteiger partial charge in [0.1, 0.15) is 5.76 Å². The normalized spacial score (nSPS) is 21.1. The zero-order valence-corrected chi connectivity index (χ0v) is 17.7. The molecular weight excluding hydrogens is 402 g/mol. The molecule has 8 nitrogen and oxygen atoms in total. The predicted octanol–water partition coefficient (Wildman–Crippen LogP) is 3.36. The lowest BCUT2D eigenvalue weighted by Crippen LogP contribution is -2.37. The highest BCUT2D eigenvalue weighted by Gasteiger charge is 2.45. The second-order valence-corrected chi connectivity index (χ2v) is 7.61. The standard InChI is InChI=1S/C23H25NO7/c1-13-6-8-17(31-13)21(25)19-20(14-7-9-16(28-2)18(11-14)29-3)24(23(27)22(19)26)12-15-5-4-10-30-15/h6-9,11,15,20,26H,4-5,10,12H2,1-3H3/t15-,20+/m1/s1. The van der Waals surface area contributed by atoms with Crippen molar-refractivity contribution in [3.05, 3.63) is 58.7 Å². The summed E-state index contributed by atoms with van der Waals surface area (Å²) < 4.78 is 21.9. The van der Waals surface area contributed by atoms with Crippen molar-refractivity contribution in [3.63, 3.8) is 0 Å². The van der Waals surface area contributed by atoms with Crippen LogP contribution in [-0.2, 0) is 9.53 Å². The Labute approximate surface area is 180 Å². The van der Waals surface area contributed by atoms with Crippen LogP contribution >= 0.6 is 0 Å². The molecule has 0 bridgehead atoms. The van der Waals surface area contributed by atoms with Gasteiger partial charge in [-0.2, -0.15) is 0 Å². The molecule has 2 aromatic rings. The number of hydrogen-bond donors (Lipinski definition) is 1. The van der Waals surface area contributed by atoms with E-state index in [1.807, 2.05) is 0 Å². The number of amides is 1. The van der Waals surface area contributed by atoms with Crippen LogP contribution in [0, 0.1) is 6.92 Å². The maximum Gasteiger partial charge on any atom is 0.290 e.